The Balaban J connectivity index is 1.70. The molecule has 0 saturated carbocycles. The van der Waals surface area contributed by atoms with Gasteiger partial charge in [-0.25, -0.2) is 4.68 Å². The third kappa shape index (κ3) is 4.86. The molecule has 0 bridgehead atoms. The van der Waals surface area contributed by atoms with Gasteiger partial charge in [-0.05, 0) is 37.8 Å². The average molecular weight is 391 g/mol. The molecule has 0 N–H and O–H groups in total. The predicted octanol–water partition coefficient (Wildman–Crippen LogP) is 2.93. The van der Waals surface area contributed by atoms with Gasteiger partial charge in [0, 0.05) is 17.6 Å². The lowest BCUT2D eigenvalue weighted by atomic mass is 9.99. The van der Waals surface area contributed by atoms with Gasteiger partial charge in [0.1, 0.15) is 0 Å². The lowest BCUT2D eigenvalue weighted by Crippen LogP contribution is -2.45. The summed E-state index contributed by atoms with van der Waals surface area (Å²) in [6.45, 7) is 3.17. The molecule has 2 aromatic rings. The second kappa shape index (κ2) is 8.99. The zero-order valence-corrected chi connectivity index (χ0v) is 16.1. The van der Waals surface area contributed by atoms with Crippen molar-refractivity contribution in [1.82, 2.24) is 19.9 Å². The molecule has 144 valence electrons. The Bertz CT molecular complexity index is 808. The molecule has 1 aromatic heterocycles. The van der Waals surface area contributed by atoms with Gasteiger partial charge in [0.25, 0.3) is 5.91 Å². The molecule has 0 aliphatic carbocycles. The number of hydrogen-bond acceptors (Lipinski definition) is 5. The molecule has 8 heteroatoms. The normalized spacial score (nSPS) is 17.0. The molecule has 1 atom stereocenters. The number of carbonyl (C=O) groups excluding carboxylic acids is 2. The molecule has 1 aromatic carbocycles. The summed E-state index contributed by atoms with van der Waals surface area (Å²) in [6, 6.07) is 7.33. The highest BCUT2D eigenvalue weighted by Gasteiger charge is 2.31. The van der Waals surface area contributed by atoms with E-state index >= 15 is 0 Å². The fourth-order valence-electron chi connectivity index (χ4n) is 3.31. The number of hydrogen-bond donors (Lipinski definition) is 0. The highest BCUT2D eigenvalue weighted by atomic mass is 35.5. The molecule has 27 heavy (non-hydrogen) atoms. The van der Waals surface area contributed by atoms with Gasteiger partial charge >= 0.3 is 5.97 Å². The van der Waals surface area contributed by atoms with Crippen LogP contribution in [0.3, 0.4) is 0 Å². The number of rotatable bonds is 6. The van der Waals surface area contributed by atoms with Crippen LogP contribution in [0.15, 0.2) is 30.5 Å². The Hall–Kier alpha value is -2.41. The van der Waals surface area contributed by atoms with Crippen LogP contribution in [0.5, 0.6) is 0 Å². The number of ether oxygens (including phenoxy) is 1. The predicted molar refractivity (Wildman–Crippen MR) is 101 cm³/mol. The summed E-state index contributed by atoms with van der Waals surface area (Å²) in [4.78, 5) is 26.5. The average Bonchev–Trinajstić information content (AvgIpc) is 3.12. The summed E-state index contributed by atoms with van der Waals surface area (Å²) < 4.78 is 6.63. The van der Waals surface area contributed by atoms with E-state index in [4.69, 9.17) is 16.3 Å². The first kappa shape index (κ1) is 19.4. The van der Waals surface area contributed by atoms with Crippen LogP contribution in [0.2, 0.25) is 5.02 Å². The minimum absolute atomic E-state index is 0.154. The van der Waals surface area contributed by atoms with Crippen LogP contribution in [0, 0.1) is 0 Å². The maximum absolute atomic E-state index is 12.9. The molecule has 7 nitrogen and oxygen atoms in total. The smallest absolute Gasteiger partial charge is 0.307 e. The first-order chi connectivity index (χ1) is 13.1. The fraction of sp³-hybridized carbons (Fsp3) is 0.474. The van der Waals surface area contributed by atoms with Crippen molar-refractivity contribution in [3.8, 4) is 0 Å². The van der Waals surface area contributed by atoms with E-state index in [1.54, 1.807) is 22.7 Å². The minimum Gasteiger partial charge on any atom is -0.466 e. The summed E-state index contributed by atoms with van der Waals surface area (Å²) in [7, 11) is 0. The summed E-state index contributed by atoms with van der Waals surface area (Å²) in [5.41, 5.74) is 1.18. The SMILES string of the molecule is CCOC(=O)C[C@@H]1CCCCN1C(=O)c1cn(Cc2ccccc2Cl)nn1. The molecular weight excluding hydrogens is 368 g/mol. The third-order valence-corrected chi connectivity index (χ3v) is 5.01. The van der Waals surface area contributed by atoms with Gasteiger partial charge in [0.2, 0.25) is 0 Å². The molecule has 1 saturated heterocycles. The Morgan fingerprint density at radius 2 is 2.11 bits per heavy atom. The summed E-state index contributed by atoms with van der Waals surface area (Å²) in [6.07, 6.45) is 4.54. The third-order valence-electron chi connectivity index (χ3n) is 4.64. The maximum atomic E-state index is 12.9. The molecule has 0 spiro atoms. The van der Waals surface area contributed by atoms with Gasteiger partial charge < -0.3 is 9.64 Å². The number of benzene rings is 1. The zero-order chi connectivity index (χ0) is 19.2. The van der Waals surface area contributed by atoms with Crippen LogP contribution in [0.25, 0.3) is 0 Å². The molecule has 1 aliphatic rings. The van der Waals surface area contributed by atoms with Crippen molar-refractivity contribution in [1.29, 1.82) is 0 Å². The monoisotopic (exact) mass is 390 g/mol. The largest absolute Gasteiger partial charge is 0.466 e. The number of nitrogens with zero attached hydrogens (tertiary/aromatic N) is 4. The standard InChI is InChI=1S/C19H23ClN4O3/c1-2-27-18(25)11-15-8-5-6-10-24(15)19(26)17-13-23(22-21-17)12-14-7-3-4-9-16(14)20/h3-4,7,9,13,15H,2,5-6,8,10-12H2,1H3/t15-/m0/s1. The van der Waals surface area contributed by atoms with E-state index in [0.29, 0.717) is 24.7 Å². The van der Waals surface area contributed by atoms with E-state index < -0.39 is 0 Å². The van der Waals surface area contributed by atoms with Crippen LogP contribution in [0.4, 0.5) is 0 Å². The Labute approximate surface area is 163 Å². The van der Waals surface area contributed by atoms with Crippen molar-refractivity contribution in [2.24, 2.45) is 0 Å². The number of likely N-dealkylation sites (tertiary alicyclic amines) is 1. The van der Waals surface area contributed by atoms with Crippen LogP contribution >= 0.6 is 11.6 Å². The van der Waals surface area contributed by atoms with E-state index in [9.17, 15) is 9.59 Å². The molecular formula is C19H23ClN4O3. The summed E-state index contributed by atoms with van der Waals surface area (Å²) in [5.74, 6) is -0.473. The van der Waals surface area contributed by atoms with E-state index in [-0.39, 0.29) is 30.0 Å². The van der Waals surface area contributed by atoms with Gasteiger partial charge in [-0.1, -0.05) is 35.0 Å². The molecule has 2 heterocycles. The summed E-state index contributed by atoms with van der Waals surface area (Å²) >= 11 is 6.18. The lowest BCUT2D eigenvalue weighted by Gasteiger charge is -2.34. The van der Waals surface area contributed by atoms with Crippen molar-refractivity contribution in [3.63, 3.8) is 0 Å². The van der Waals surface area contributed by atoms with Gasteiger partial charge in [-0.2, -0.15) is 0 Å². The fourth-order valence-corrected chi connectivity index (χ4v) is 3.51. The Morgan fingerprint density at radius 3 is 2.89 bits per heavy atom. The van der Waals surface area contributed by atoms with E-state index in [0.717, 1.165) is 24.8 Å². The van der Waals surface area contributed by atoms with Crippen LogP contribution in [-0.2, 0) is 16.1 Å². The molecule has 1 fully saturated rings. The van der Waals surface area contributed by atoms with Gasteiger partial charge in [-0.3, -0.25) is 9.59 Å². The van der Waals surface area contributed by atoms with Crippen molar-refractivity contribution in [2.75, 3.05) is 13.2 Å². The Morgan fingerprint density at radius 1 is 1.30 bits per heavy atom. The van der Waals surface area contributed by atoms with Gasteiger partial charge in [-0.15, -0.1) is 5.10 Å². The van der Waals surface area contributed by atoms with Crippen LogP contribution < -0.4 is 0 Å². The highest BCUT2D eigenvalue weighted by Crippen LogP contribution is 2.22. The van der Waals surface area contributed by atoms with Crippen molar-refractivity contribution in [3.05, 3.63) is 46.7 Å². The van der Waals surface area contributed by atoms with Crippen molar-refractivity contribution in [2.45, 2.75) is 45.2 Å². The first-order valence-electron chi connectivity index (χ1n) is 9.18. The quantitative estimate of drug-likeness (QED) is 0.709. The second-order valence-corrected chi connectivity index (χ2v) is 6.96. The van der Waals surface area contributed by atoms with E-state index in [2.05, 4.69) is 10.3 Å². The highest BCUT2D eigenvalue weighted by molar-refractivity contribution is 6.31. The van der Waals surface area contributed by atoms with E-state index in [1.165, 1.54) is 0 Å². The topological polar surface area (TPSA) is 77.3 Å². The van der Waals surface area contributed by atoms with Crippen LogP contribution in [-0.4, -0.2) is 51.0 Å². The molecule has 0 radical (unpaired) electrons. The van der Waals surface area contributed by atoms with E-state index in [1.807, 2.05) is 24.3 Å². The minimum atomic E-state index is -0.274. The number of piperidine rings is 1. The van der Waals surface area contributed by atoms with Crippen molar-refractivity contribution >= 4 is 23.5 Å². The molecule has 0 unspecified atom stereocenters. The van der Waals surface area contributed by atoms with Crippen molar-refractivity contribution < 1.29 is 14.3 Å². The first-order valence-corrected chi connectivity index (χ1v) is 9.56. The molecule has 3 rings (SSSR count). The molecule has 1 aliphatic heterocycles. The number of carbonyl (C=O) groups is 2. The molecule has 1 amide bonds. The lowest BCUT2D eigenvalue weighted by molar-refractivity contribution is -0.144. The van der Waals surface area contributed by atoms with Gasteiger partial charge in [0.05, 0.1) is 25.8 Å². The number of esters is 1. The zero-order valence-electron chi connectivity index (χ0n) is 15.3. The number of amides is 1. The van der Waals surface area contributed by atoms with Gasteiger partial charge in [0.15, 0.2) is 5.69 Å². The number of aromatic nitrogens is 3. The Kier molecular flexibility index (Phi) is 6.45. The number of halogens is 1. The maximum Gasteiger partial charge on any atom is 0.307 e. The summed E-state index contributed by atoms with van der Waals surface area (Å²) in [5, 5.41) is 8.73. The van der Waals surface area contributed by atoms with Crippen LogP contribution in [0.1, 0.15) is 48.7 Å². The second-order valence-electron chi connectivity index (χ2n) is 6.55.